The zero-order chi connectivity index (χ0) is 18.4. The Morgan fingerprint density at radius 1 is 1.40 bits per heavy atom. The summed E-state index contributed by atoms with van der Waals surface area (Å²) in [5, 5.41) is 14.8. The molecule has 2 aliphatic rings. The smallest absolute Gasteiger partial charge is 0.272 e. The van der Waals surface area contributed by atoms with Crippen LogP contribution in [0.2, 0.25) is 0 Å². The van der Waals surface area contributed by atoms with Crippen molar-refractivity contribution in [3.63, 3.8) is 0 Å². The van der Waals surface area contributed by atoms with Gasteiger partial charge < -0.3 is 19.5 Å². The number of fused-ring (bicyclic) bond motifs is 1. The van der Waals surface area contributed by atoms with Gasteiger partial charge in [-0.2, -0.15) is 5.10 Å². The monoisotopic (exact) mass is 351 g/mol. The Morgan fingerprint density at radius 2 is 2.08 bits per heavy atom. The highest BCUT2D eigenvalue weighted by Crippen LogP contribution is 2.34. The van der Waals surface area contributed by atoms with Crippen molar-refractivity contribution in [2.75, 3.05) is 26.8 Å². The molecule has 1 aromatic heterocycles. The molecule has 1 saturated heterocycles. The van der Waals surface area contributed by atoms with Gasteiger partial charge in [0.2, 0.25) is 0 Å². The third kappa shape index (κ3) is 3.45. The van der Waals surface area contributed by atoms with Crippen LogP contribution in [0.3, 0.4) is 0 Å². The lowest BCUT2D eigenvalue weighted by Gasteiger charge is -2.45. The van der Waals surface area contributed by atoms with Crippen molar-refractivity contribution in [1.82, 2.24) is 14.7 Å². The number of methoxy groups -OCH3 is 1. The lowest BCUT2D eigenvalue weighted by Crippen LogP contribution is -2.58. The van der Waals surface area contributed by atoms with E-state index in [1.165, 1.54) is 0 Å². The summed E-state index contributed by atoms with van der Waals surface area (Å²) in [4.78, 5) is 14.9. The Bertz CT molecular complexity index is 643. The first kappa shape index (κ1) is 18.4. The quantitative estimate of drug-likeness (QED) is 0.868. The summed E-state index contributed by atoms with van der Waals surface area (Å²) in [6, 6.07) is 0. The number of hydrogen-bond acceptors (Lipinski definition) is 5. The highest BCUT2D eigenvalue weighted by atomic mass is 16.5. The molecular formula is C18H29N3O4. The molecule has 0 aromatic carbocycles. The van der Waals surface area contributed by atoms with E-state index < -0.39 is 5.60 Å². The standard InChI is InChI=1S/C18H29N3O4/c1-11-8-14-15(12(2)25-11)19-21(6-7-24-5)16(14)17(22)20-9-13(10-20)18(3,4)23/h11-13,23H,6-10H2,1-5H3/t11-,12+/m0/s1. The van der Waals surface area contributed by atoms with Gasteiger partial charge in [-0.1, -0.05) is 0 Å². The van der Waals surface area contributed by atoms with E-state index >= 15 is 0 Å². The summed E-state index contributed by atoms with van der Waals surface area (Å²) in [5.41, 5.74) is 1.75. The summed E-state index contributed by atoms with van der Waals surface area (Å²) in [6.07, 6.45) is 0.639. The van der Waals surface area contributed by atoms with Gasteiger partial charge in [0, 0.05) is 38.1 Å². The number of amides is 1. The second kappa shape index (κ2) is 6.70. The van der Waals surface area contributed by atoms with Crippen molar-refractivity contribution in [1.29, 1.82) is 0 Å². The number of hydrogen-bond donors (Lipinski definition) is 1. The number of carbonyl (C=O) groups is 1. The number of likely N-dealkylation sites (tertiary alicyclic amines) is 1. The molecule has 0 aliphatic carbocycles. The summed E-state index contributed by atoms with van der Waals surface area (Å²) in [5.74, 6) is 0.107. The molecule has 3 heterocycles. The van der Waals surface area contributed by atoms with Gasteiger partial charge in [-0.15, -0.1) is 0 Å². The predicted molar refractivity (Wildman–Crippen MR) is 92.5 cm³/mol. The molecule has 3 rings (SSSR count). The van der Waals surface area contributed by atoms with Crippen LogP contribution in [0.1, 0.15) is 55.5 Å². The van der Waals surface area contributed by atoms with Crippen molar-refractivity contribution in [2.45, 2.75) is 58.5 Å². The van der Waals surface area contributed by atoms with Crippen molar-refractivity contribution in [2.24, 2.45) is 5.92 Å². The van der Waals surface area contributed by atoms with E-state index in [2.05, 4.69) is 5.10 Å². The molecule has 140 valence electrons. The van der Waals surface area contributed by atoms with Crippen LogP contribution < -0.4 is 0 Å². The molecule has 1 amide bonds. The molecule has 2 atom stereocenters. The first-order chi connectivity index (χ1) is 11.7. The minimum Gasteiger partial charge on any atom is -0.390 e. The number of nitrogens with zero attached hydrogens (tertiary/aromatic N) is 3. The van der Waals surface area contributed by atoms with E-state index in [1.54, 1.807) is 30.5 Å². The maximum absolute atomic E-state index is 13.1. The number of carbonyl (C=O) groups excluding carboxylic acids is 1. The zero-order valence-electron chi connectivity index (χ0n) is 15.8. The van der Waals surface area contributed by atoms with E-state index in [4.69, 9.17) is 9.47 Å². The Hall–Kier alpha value is -1.44. The zero-order valence-corrected chi connectivity index (χ0v) is 15.8. The summed E-state index contributed by atoms with van der Waals surface area (Å²) in [7, 11) is 1.64. The molecule has 7 heteroatoms. The Morgan fingerprint density at radius 3 is 2.68 bits per heavy atom. The van der Waals surface area contributed by atoms with Gasteiger partial charge in [0.15, 0.2) is 0 Å². The topological polar surface area (TPSA) is 76.8 Å². The fourth-order valence-corrected chi connectivity index (χ4v) is 3.61. The van der Waals surface area contributed by atoms with Gasteiger partial charge in [0.05, 0.1) is 36.7 Å². The highest BCUT2D eigenvalue weighted by molar-refractivity contribution is 5.95. The second-order valence-corrected chi connectivity index (χ2v) is 7.78. The van der Waals surface area contributed by atoms with Crippen LogP contribution in [-0.4, -0.2) is 64.2 Å². The van der Waals surface area contributed by atoms with Gasteiger partial charge in [0.25, 0.3) is 5.91 Å². The van der Waals surface area contributed by atoms with Gasteiger partial charge in [0.1, 0.15) is 5.69 Å². The molecular weight excluding hydrogens is 322 g/mol. The van der Waals surface area contributed by atoms with Crippen LogP contribution >= 0.6 is 0 Å². The Balaban J connectivity index is 1.88. The number of ether oxygens (including phenoxy) is 2. The van der Waals surface area contributed by atoms with Gasteiger partial charge in [-0.25, -0.2) is 0 Å². The summed E-state index contributed by atoms with van der Waals surface area (Å²) in [6.45, 7) is 9.78. The summed E-state index contributed by atoms with van der Waals surface area (Å²) >= 11 is 0. The van der Waals surface area contributed by atoms with Crippen LogP contribution in [0.5, 0.6) is 0 Å². The van der Waals surface area contributed by atoms with Crippen molar-refractivity contribution in [3.05, 3.63) is 17.0 Å². The summed E-state index contributed by atoms with van der Waals surface area (Å²) < 4.78 is 12.8. The minimum atomic E-state index is -0.761. The third-order valence-electron chi connectivity index (χ3n) is 5.27. The van der Waals surface area contributed by atoms with Crippen molar-refractivity contribution < 1.29 is 19.4 Å². The van der Waals surface area contributed by atoms with Crippen LogP contribution in [0.15, 0.2) is 0 Å². The molecule has 0 saturated carbocycles. The molecule has 7 nitrogen and oxygen atoms in total. The molecule has 25 heavy (non-hydrogen) atoms. The van der Waals surface area contributed by atoms with Gasteiger partial charge >= 0.3 is 0 Å². The fraction of sp³-hybridized carbons (Fsp3) is 0.778. The average molecular weight is 351 g/mol. The fourth-order valence-electron chi connectivity index (χ4n) is 3.61. The van der Waals surface area contributed by atoms with E-state index in [0.717, 1.165) is 11.3 Å². The largest absolute Gasteiger partial charge is 0.390 e. The normalized spacial score (nSPS) is 24.2. The SMILES string of the molecule is COCCn1nc2c(c1C(=O)N1CC(C(C)(C)O)C1)C[C@H](C)O[C@@H]2C. The lowest BCUT2D eigenvalue weighted by atomic mass is 9.84. The number of rotatable bonds is 5. The van der Waals surface area contributed by atoms with Crippen molar-refractivity contribution >= 4 is 5.91 Å². The van der Waals surface area contributed by atoms with Crippen LogP contribution in [0.4, 0.5) is 0 Å². The molecule has 1 N–H and O–H groups in total. The van der Waals surface area contributed by atoms with E-state index in [0.29, 0.717) is 38.4 Å². The average Bonchev–Trinajstić information content (AvgIpc) is 2.80. The molecule has 2 aliphatic heterocycles. The van der Waals surface area contributed by atoms with Crippen LogP contribution in [-0.2, 0) is 22.4 Å². The molecule has 1 aromatic rings. The third-order valence-corrected chi connectivity index (χ3v) is 5.27. The Kier molecular flexibility index (Phi) is 4.92. The minimum absolute atomic E-state index is 0.00773. The van der Waals surface area contributed by atoms with E-state index in [-0.39, 0.29) is 24.0 Å². The second-order valence-electron chi connectivity index (χ2n) is 7.78. The molecule has 0 unspecified atom stereocenters. The molecule has 0 spiro atoms. The van der Waals surface area contributed by atoms with E-state index in [9.17, 15) is 9.90 Å². The highest BCUT2D eigenvalue weighted by Gasteiger charge is 2.42. The van der Waals surface area contributed by atoms with Crippen LogP contribution in [0, 0.1) is 5.92 Å². The molecule has 0 bridgehead atoms. The maximum Gasteiger partial charge on any atom is 0.272 e. The predicted octanol–water partition coefficient (Wildman–Crippen LogP) is 1.39. The maximum atomic E-state index is 13.1. The number of aliphatic hydroxyl groups is 1. The first-order valence-corrected chi connectivity index (χ1v) is 8.98. The molecule has 0 radical (unpaired) electrons. The lowest BCUT2D eigenvalue weighted by molar-refractivity contribution is -0.0511. The molecule has 1 fully saturated rings. The Labute approximate surface area is 148 Å². The number of aromatic nitrogens is 2. The van der Waals surface area contributed by atoms with Gasteiger partial charge in [-0.3, -0.25) is 9.48 Å². The van der Waals surface area contributed by atoms with Gasteiger partial charge in [-0.05, 0) is 27.7 Å². The first-order valence-electron chi connectivity index (χ1n) is 8.98. The van der Waals surface area contributed by atoms with E-state index in [1.807, 2.05) is 13.8 Å². The van der Waals surface area contributed by atoms with Crippen molar-refractivity contribution in [3.8, 4) is 0 Å². The van der Waals surface area contributed by atoms with Crippen LogP contribution in [0.25, 0.3) is 0 Å².